The number of hydrogen-bond donors (Lipinski definition) is 2. The lowest BCUT2D eigenvalue weighted by atomic mass is 10.2. The van der Waals surface area contributed by atoms with E-state index >= 15 is 0 Å². The lowest BCUT2D eigenvalue weighted by Crippen LogP contribution is -2.40. The van der Waals surface area contributed by atoms with Crippen LogP contribution in [0.25, 0.3) is 0 Å². The van der Waals surface area contributed by atoms with Crippen LogP contribution < -0.4 is 10.7 Å². The average molecular weight is 304 g/mol. The van der Waals surface area contributed by atoms with Gasteiger partial charge in [-0.15, -0.1) is 0 Å². The van der Waals surface area contributed by atoms with Crippen LogP contribution in [-0.4, -0.2) is 31.1 Å². The molecule has 1 aromatic rings. The van der Waals surface area contributed by atoms with Crippen LogP contribution in [0.4, 0.5) is 4.39 Å². The first-order chi connectivity index (χ1) is 9.04. The largest absolute Gasteiger partial charge is 0.383 e. The molecule has 0 amide bonds. The summed E-state index contributed by atoms with van der Waals surface area (Å²) in [5.74, 6) is -0.440. The molecular formula is C12H15ClFN3OS. The molecule has 104 valence electrons. The van der Waals surface area contributed by atoms with Gasteiger partial charge in [0.05, 0.1) is 17.8 Å². The molecule has 0 bridgehead atoms. The molecule has 0 radical (unpaired) electrons. The van der Waals surface area contributed by atoms with Gasteiger partial charge in [0.2, 0.25) is 0 Å². The minimum atomic E-state index is -0.440. The number of methoxy groups -OCH3 is 1. The number of nitrogens with one attached hydrogen (secondary N) is 2. The third-order valence-electron chi connectivity index (χ3n) is 2.15. The van der Waals surface area contributed by atoms with E-state index in [1.54, 1.807) is 13.2 Å². The topological polar surface area (TPSA) is 45.6 Å². The van der Waals surface area contributed by atoms with E-state index < -0.39 is 5.82 Å². The Bertz CT molecular complexity index is 450. The van der Waals surface area contributed by atoms with Gasteiger partial charge in [0.25, 0.3) is 0 Å². The van der Waals surface area contributed by atoms with E-state index in [1.807, 2.05) is 6.92 Å². The summed E-state index contributed by atoms with van der Waals surface area (Å²) in [5.41, 5.74) is 2.80. The van der Waals surface area contributed by atoms with Crippen LogP contribution in [-0.2, 0) is 4.74 Å². The molecule has 0 aliphatic heterocycles. The van der Waals surface area contributed by atoms with Gasteiger partial charge in [-0.1, -0.05) is 17.7 Å². The Labute approximate surface area is 122 Å². The third-order valence-corrected chi connectivity index (χ3v) is 2.69. The van der Waals surface area contributed by atoms with Gasteiger partial charge in [-0.05, 0) is 31.3 Å². The first-order valence-electron chi connectivity index (χ1n) is 5.57. The van der Waals surface area contributed by atoms with Gasteiger partial charge in [0, 0.05) is 18.7 Å². The number of hydrazone groups is 1. The first kappa shape index (κ1) is 15.8. The summed E-state index contributed by atoms with van der Waals surface area (Å²) in [5, 5.41) is 7.40. The molecule has 2 N–H and O–H groups in total. The summed E-state index contributed by atoms with van der Waals surface area (Å²) in [6, 6.07) is 4.48. The van der Waals surface area contributed by atoms with Crippen molar-refractivity contribution in [3.63, 3.8) is 0 Å². The van der Waals surface area contributed by atoms with Gasteiger partial charge in [-0.3, -0.25) is 5.43 Å². The molecule has 1 atom stereocenters. The summed E-state index contributed by atoms with van der Waals surface area (Å²) >= 11 is 10.9. The summed E-state index contributed by atoms with van der Waals surface area (Å²) in [7, 11) is 1.60. The SMILES string of the molecule is COC[C@@H](C)NC(=S)N/N=C\c1c(F)cccc1Cl. The van der Waals surface area contributed by atoms with E-state index in [1.165, 1.54) is 18.3 Å². The third kappa shape index (κ3) is 5.50. The number of benzene rings is 1. The molecule has 19 heavy (non-hydrogen) atoms. The predicted octanol–water partition coefficient (Wildman–Crippen LogP) is 2.31. The van der Waals surface area contributed by atoms with Crippen molar-refractivity contribution in [3.05, 3.63) is 34.6 Å². The number of halogens is 2. The van der Waals surface area contributed by atoms with Crippen LogP contribution in [0, 0.1) is 5.82 Å². The highest BCUT2D eigenvalue weighted by Crippen LogP contribution is 2.16. The zero-order chi connectivity index (χ0) is 14.3. The van der Waals surface area contributed by atoms with Crippen LogP contribution in [0.3, 0.4) is 0 Å². The number of hydrogen-bond acceptors (Lipinski definition) is 3. The van der Waals surface area contributed by atoms with Crippen molar-refractivity contribution < 1.29 is 9.13 Å². The highest BCUT2D eigenvalue weighted by Gasteiger charge is 2.04. The molecular weight excluding hydrogens is 289 g/mol. The summed E-state index contributed by atoms with van der Waals surface area (Å²) < 4.78 is 18.4. The van der Waals surface area contributed by atoms with E-state index in [0.29, 0.717) is 11.7 Å². The quantitative estimate of drug-likeness (QED) is 0.498. The lowest BCUT2D eigenvalue weighted by molar-refractivity contribution is 0.179. The molecule has 0 fully saturated rings. The van der Waals surface area contributed by atoms with Crippen molar-refractivity contribution in [1.29, 1.82) is 0 Å². The molecule has 7 heteroatoms. The highest BCUT2D eigenvalue weighted by atomic mass is 35.5. The Hall–Kier alpha value is -1.24. The van der Waals surface area contributed by atoms with Gasteiger partial charge in [-0.25, -0.2) is 4.39 Å². The molecule has 0 aromatic heterocycles. The van der Waals surface area contributed by atoms with E-state index in [0.717, 1.165) is 0 Å². The first-order valence-corrected chi connectivity index (χ1v) is 6.35. The minimum Gasteiger partial charge on any atom is -0.383 e. The van der Waals surface area contributed by atoms with Gasteiger partial charge in [-0.2, -0.15) is 5.10 Å². The summed E-state index contributed by atoms with van der Waals surface area (Å²) in [6.45, 7) is 2.43. The van der Waals surface area contributed by atoms with Crippen LogP contribution >= 0.6 is 23.8 Å². The Kier molecular flexibility index (Phi) is 6.69. The molecule has 1 aromatic carbocycles. The Morgan fingerprint density at radius 1 is 1.63 bits per heavy atom. The van der Waals surface area contributed by atoms with Crippen molar-refractivity contribution in [2.45, 2.75) is 13.0 Å². The molecule has 0 saturated heterocycles. The maximum absolute atomic E-state index is 13.4. The van der Waals surface area contributed by atoms with E-state index in [4.69, 9.17) is 28.6 Å². The number of rotatable bonds is 5. The summed E-state index contributed by atoms with van der Waals surface area (Å²) in [6.07, 6.45) is 1.28. The Morgan fingerprint density at radius 2 is 2.37 bits per heavy atom. The molecule has 0 unspecified atom stereocenters. The maximum Gasteiger partial charge on any atom is 0.187 e. The predicted molar refractivity (Wildman–Crippen MR) is 79.2 cm³/mol. The second-order valence-electron chi connectivity index (χ2n) is 3.84. The summed E-state index contributed by atoms with van der Waals surface area (Å²) in [4.78, 5) is 0. The fourth-order valence-electron chi connectivity index (χ4n) is 1.34. The molecule has 4 nitrogen and oxygen atoms in total. The molecule has 1 rings (SSSR count). The van der Waals surface area contributed by atoms with E-state index in [9.17, 15) is 4.39 Å². The second-order valence-corrected chi connectivity index (χ2v) is 4.65. The van der Waals surface area contributed by atoms with Crippen LogP contribution in [0.2, 0.25) is 5.02 Å². The molecule has 0 aliphatic rings. The van der Waals surface area contributed by atoms with Crippen molar-refractivity contribution in [2.75, 3.05) is 13.7 Å². The van der Waals surface area contributed by atoms with Gasteiger partial charge in [0.15, 0.2) is 5.11 Å². The Balaban J connectivity index is 2.52. The number of nitrogens with zero attached hydrogens (tertiary/aromatic N) is 1. The number of thiocarbonyl (C=S) groups is 1. The van der Waals surface area contributed by atoms with Crippen LogP contribution in [0.5, 0.6) is 0 Å². The molecule has 0 saturated carbocycles. The van der Waals surface area contributed by atoms with E-state index in [-0.39, 0.29) is 16.6 Å². The van der Waals surface area contributed by atoms with Gasteiger partial charge >= 0.3 is 0 Å². The van der Waals surface area contributed by atoms with E-state index in [2.05, 4.69) is 15.8 Å². The average Bonchev–Trinajstić information content (AvgIpc) is 2.33. The highest BCUT2D eigenvalue weighted by molar-refractivity contribution is 7.80. The normalized spacial score (nSPS) is 12.4. The molecule has 0 spiro atoms. The smallest absolute Gasteiger partial charge is 0.187 e. The van der Waals surface area contributed by atoms with Gasteiger partial charge < -0.3 is 10.1 Å². The van der Waals surface area contributed by atoms with Crippen molar-refractivity contribution in [1.82, 2.24) is 10.7 Å². The van der Waals surface area contributed by atoms with Crippen molar-refractivity contribution in [2.24, 2.45) is 5.10 Å². The monoisotopic (exact) mass is 303 g/mol. The lowest BCUT2D eigenvalue weighted by Gasteiger charge is -2.13. The fraction of sp³-hybridized carbons (Fsp3) is 0.333. The van der Waals surface area contributed by atoms with Crippen molar-refractivity contribution in [3.8, 4) is 0 Å². The van der Waals surface area contributed by atoms with Crippen LogP contribution in [0.1, 0.15) is 12.5 Å². The van der Waals surface area contributed by atoms with Crippen molar-refractivity contribution >= 4 is 35.1 Å². The number of ether oxygens (including phenoxy) is 1. The zero-order valence-electron chi connectivity index (χ0n) is 10.6. The Morgan fingerprint density at radius 3 is 3.00 bits per heavy atom. The fourth-order valence-corrected chi connectivity index (χ4v) is 1.80. The second kappa shape index (κ2) is 8.04. The standard InChI is InChI=1S/C12H15ClFN3OS/c1-8(7-18-2)16-12(19)17-15-6-9-10(13)4-3-5-11(9)14/h3-6,8H,7H2,1-2H3,(H2,16,17,19)/b15-6-/t8-/m1/s1. The minimum absolute atomic E-state index is 0.0530. The molecule has 0 aliphatic carbocycles. The van der Waals surface area contributed by atoms with Gasteiger partial charge in [0.1, 0.15) is 5.82 Å². The van der Waals surface area contributed by atoms with Crippen LogP contribution in [0.15, 0.2) is 23.3 Å². The maximum atomic E-state index is 13.4. The zero-order valence-corrected chi connectivity index (χ0v) is 12.2. The molecule has 0 heterocycles.